The molecule has 0 bridgehead atoms. The molecule has 2 aromatic heterocycles. The molecule has 1 atom stereocenters. The molecule has 1 aromatic carbocycles. The number of amides is 3. The van der Waals surface area contributed by atoms with Crippen LogP contribution in [0.25, 0.3) is 11.5 Å². The number of hydrogen-bond acceptors (Lipinski definition) is 6. The van der Waals surface area contributed by atoms with Crippen molar-refractivity contribution in [1.29, 1.82) is 0 Å². The smallest absolute Gasteiger partial charge is 0.325 e. The van der Waals surface area contributed by atoms with Crippen molar-refractivity contribution in [2.45, 2.75) is 19.0 Å². The average Bonchev–Trinajstić information content (AvgIpc) is 3.33. The van der Waals surface area contributed by atoms with E-state index in [1.165, 1.54) is 36.5 Å². The van der Waals surface area contributed by atoms with Gasteiger partial charge < -0.3 is 9.84 Å². The third-order valence-corrected chi connectivity index (χ3v) is 4.91. The highest BCUT2D eigenvalue weighted by atomic mass is 32.1. The first-order valence-corrected chi connectivity index (χ1v) is 8.67. The first-order chi connectivity index (χ1) is 12.5. The van der Waals surface area contributed by atoms with Crippen LogP contribution in [-0.2, 0) is 16.9 Å². The second-order valence-electron chi connectivity index (χ2n) is 5.95. The summed E-state index contributed by atoms with van der Waals surface area (Å²) in [5.74, 6) is -0.642. The summed E-state index contributed by atoms with van der Waals surface area (Å²) >= 11 is 1.48. The van der Waals surface area contributed by atoms with Gasteiger partial charge in [0.05, 0.1) is 12.1 Å². The Kier molecular flexibility index (Phi) is 3.80. The minimum Gasteiger partial charge on any atom is -0.334 e. The first kappa shape index (κ1) is 16.4. The topological polar surface area (TPSA) is 88.3 Å². The maximum Gasteiger partial charge on any atom is 0.325 e. The third-order valence-electron chi connectivity index (χ3n) is 4.22. The van der Waals surface area contributed by atoms with Crippen LogP contribution in [0, 0.1) is 5.82 Å². The lowest BCUT2D eigenvalue weighted by Crippen LogP contribution is -2.41. The maximum absolute atomic E-state index is 14.1. The summed E-state index contributed by atoms with van der Waals surface area (Å²) in [5.41, 5.74) is -0.613. The van der Waals surface area contributed by atoms with Gasteiger partial charge in [-0.2, -0.15) is 16.3 Å². The van der Waals surface area contributed by atoms with Gasteiger partial charge in [0.1, 0.15) is 11.4 Å². The predicted octanol–water partition coefficient (Wildman–Crippen LogP) is 2.90. The molecule has 1 fully saturated rings. The van der Waals surface area contributed by atoms with Gasteiger partial charge in [0.2, 0.25) is 0 Å². The zero-order valence-electron chi connectivity index (χ0n) is 13.6. The van der Waals surface area contributed by atoms with Crippen molar-refractivity contribution in [2.75, 3.05) is 0 Å². The SMILES string of the molecule is CC1(c2ccccc2F)NC(=O)N(Cc2noc(-c3ccsc3)n2)C1=O. The molecule has 0 spiro atoms. The summed E-state index contributed by atoms with van der Waals surface area (Å²) in [5, 5.41) is 10.1. The molecule has 1 aliphatic rings. The van der Waals surface area contributed by atoms with Crippen molar-refractivity contribution in [3.05, 3.63) is 58.3 Å². The fourth-order valence-corrected chi connectivity index (χ4v) is 3.48. The number of hydrogen-bond donors (Lipinski definition) is 1. The molecule has 26 heavy (non-hydrogen) atoms. The number of aromatic nitrogens is 2. The zero-order valence-corrected chi connectivity index (χ0v) is 14.4. The van der Waals surface area contributed by atoms with E-state index in [0.717, 1.165) is 10.5 Å². The van der Waals surface area contributed by atoms with Crippen molar-refractivity contribution < 1.29 is 18.5 Å². The molecule has 0 aliphatic carbocycles. The monoisotopic (exact) mass is 372 g/mol. The van der Waals surface area contributed by atoms with E-state index in [-0.39, 0.29) is 17.9 Å². The van der Waals surface area contributed by atoms with Crippen molar-refractivity contribution in [3.63, 3.8) is 0 Å². The van der Waals surface area contributed by atoms with E-state index in [0.29, 0.717) is 5.89 Å². The van der Waals surface area contributed by atoms with E-state index in [1.807, 2.05) is 16.8 Å². The van der Waals surface area contributed by atoms with Gasteiger partial charge >= 0.3 is 6.03 Å². The van der Waals surface area contributed by atoms with Gasteiger partial charge in [0, 0.05) is 10.9 Å². The quantitative estimate of drug-likeness (QED) is 0.712. The Balaban J connectivity index is 1.60. The number of halogens is 1. The van der Waals surface area contributed by atoms with Gasteiger partial charge in [-0.1, -0.05) is 23.4 Å². The Labute approximate surface area is 151 Å². The summed E-state index contributed by atoms with van der Waals surface area (Å²) in [6.45, 7) is 1.31. The second kappa shape index (κ2) is 6.03. The lowest BCUT2D eigenvalue weighted by Gasteiger charge is -2.22. The Morgan fingerprint density at radius 2 is 2.12 bits per heavy atom. The van der Waals surface area contributed by atoms with E-state index in [1.54, 1.807) is 6.07 Å². The van der Waals surface area contributed by atoms with E-state index in [2.05, 4.69) is 15.5 Å². The highest BCUT2D eigenvalue weighted by Crippen LogP contribution is 2.31. The molecular formula is C17H13FN4O3S. The van der Waals surface area contributed by atoms with Gasteiger partial charge in [0.25, 0.3) is 11.8 Å². The largest absolute Gasteiger partial charge is 0.334 e. The van der Waals surface area contributed by atoms with Crippen LogP contribution in [0.3, 0.4) is 0 Å². The highest BCUT2D eigenvalue weighted by Gasteiger charge is 2.50. The number of carbonyl (C=O) groups excluding carboxylic acids is 2. The van der Waals surface area contributed by atoms with Gasteiger partial charge in [-0.05, 0) is 24.4 Å². The molecule has 1 N–H and O–H groups in total. The van der Waals surface area contributed by atoms with Gasteiger partial charge in [-0.3, -0.25) is 9.69 Å². The minimum absolute atomic E-state index is 0.105. The fourth-order valence-electron chi connectivity index (χ4n) is 2.85. The van der Waals surface area contributed by atoms with E-state index >= 15 is 0 Å². The summed E-state index contributed by atoms with van der Waals surface area (Å²) < 4.78 is 19.3. The molecule has 4 rings (SSSR count). The molecule has 1 saturated heterocycles. The fraction of sp³-hybridized carbons (Fsp3) is 0.176. The number of nitrogens with zero attached hydrogens (tertiary/aromatic N) is 3. The van der Waals surface area contributed by atoms with E-state index in [9.17, 15) is 14.0 Å². The molecule has 7 nitrogen and oxygen atoms in total. The molecule has 3 amide bonds. The van der Waals surface area contributed by atoms with Crippen LogP contribution in [0.1, 0.15) is 18.3 Å². The number of imide groups is 1. The van der Waals surface area contributed by atoms with Crippen LogP contribution < -0.4 is 5.32 Å². The summed E-state index contributed by atoms with van der Waals surface area (Å²) in [7, 11) is 0. The Hall–Kier alpha value is -3.07. The van der Waals surface area contributed by atoms with Crippen molar-refractivity contribution >= 4 is 23.3 Å². The van der Waals surface area contributed by atoms with E-state index in [4.69, 9.17) is 4.52 Å². The van der Waals surface area contributed by atoms with Crippen LogP contribution in [0.15, 0.2) is 45.6 Å². The molecule has 1 aliphatic heterocycles. The lowest BCUT2D eigenvalue weighted by atomic mass is 9.91. The number of carbonyl (C=O) groups is 2. The molecule has 132 valence electrons. The van der Waals surface area contributed by atoms with Crippen LogP contribution in [0.5, 0.6) is 0 Å². The number of nitrogens with one attached hydrogen (secondary N) is 1. The molecule has 3 aromatic rings. The van der Waals surface area contributed by atoms with Crippen molar-refractivity contribution in [3.8, 4) is 11.5 Å². The van der Waals surface area contributed by atoms with Crippen LogP contribution >= 0.6 is 11.3 Å². The minimum atomic E-state index is -1.48. The molecule has 1 unspecified atom stereocenters. The van der Waals surface area contributed by atoms with Crippen LogP contribution in [0.2, 0.25) is 0 Å². The summed E-state index contributed by atoms with van der Waals surface area (Å²) in [6, 6.07) is 7.03. The summed E-state index contributed by atoms with van der Waals surface area (Å²) in [6.07, 6.45) is 0. The van der Waals surface area contributed by atoms with Gasteiger partial charge in [-0.25, -0.2) is 9.18 Å². The average molecular weight is 372 g/mol. The number of thiophene rings is 1. The molecule has 3 heterocycles. The second-order valence-corrected chi connectivity index (χ2v) is 6.73. The number of rotatable bonds is 4. The zero-order chi connectivity index (χ0) is 18.3. The summed E-state index contributed by atoms with van der Waals surface area (Å²) in [4.78, 5) is 30.3. The maximum atomic E-state index is 14.1. The van der Waals surface area contributed by atoms with Crippen molar-refractivity contribution in [2.24, 2.45) is 0 Å². The van der Waals surface area contributed by atoms with Gasteiger partial charge in [-0.15, -0.1) is 0 Å². The standard InChI is InChI=1S/C17H13FN4O3S/c1-17(11-4-2-3-5-12(11)18)15(23)22(16(24)20-17)8-13-19-14(25-21-13)10-6-7-26-9-10/h2-7,9H,8H2,1H3,(H,20,24). The molecule has 0 saturated carbocycles. The third kappa shape index (κ3) is 2.57. The van der Waals surface area contributed by atoms with Crippen LogP contribution in [0.4, 0.5) is 9.18 Å². The van der Waals surface area contributed by atoms with Gasteiger partial charge in [0.15, 0.2) is 5.82 Å². The normalized spacial score (nSPS) is 19.8. The Bertz CT molecular complexity index is 988. The number of benzene rings is 1. The molecule has 0 radical (unpaired) electrons. The number of urea groups is 1. The lowest BCUT2D eigenvalue weighted by molar-refractivity contribution is -0.131. The molecule has 9 heteroatoms. The Morgan fingerprint density at radius 3 is 2.85 bits per heavy atom. The van der Waals surface area contributed by atoms with Crippen molar-refractivity contribution in [1.82, 2.24) is 20.4 Å². The highest BCUT2D eigenvalue weighted by molar-refractivity contribution is 7.08. The predicted molar refractivity (Wildman–Crippen MR) is 90.4 cm³/mol. The molecular weight excluding hydrogens is 359 g/mol. The van der Waals surface area contributed by atoms with E-state index < -0.39 is 23.3 Å². The van der Waals surface area contributed by atoms with Crippen LogP contribution in [-0.4, -0.2) is 27.0 Å². The first-order valence-electron chi connectivity index (χ1n) is 7.73. The Morgan fingerprint density at radius 1 is 1.31 bits per heavy atom.